The quantitative estimate of drug-likeness (QED) is 0.277. The molecule has 0 unspecified atom stereocenters. The highest BCUT2D eigenvalue weighted by molar-refractivity contribution is 5.91. The highest BCUT2D eigenvalue weighted by atomic mass is 17.0. The van der Waals surface area contributed by atoms with Crippen molar-refractivity contribution in [3.05, 3.63) is 12.7 Å². The van der Waals surface area contributed by atoms with Crippen molar-refractivity contribution < 1.29 is 29.2 Å². The van der Waals surface area contributed by atoms with Crippen LogP contribution in [0.2, 0.25) is 0 Å². The Hall–Kier alpha value is -1.53. The number of hydrogen-bond donors (Lipinski definition) is 1. The topological polar surface area (TPSA) is 80.7 Å². The first-order chi connectivity index (χ1) is 6.00. The molecule has 0 radical (unpaired) electrons. The van der Waals surface area contributed by atoms with Crippen LogP contribution in [0.4, 0.5) is 0 Å². The van der Waals surface area contributed by atoms with Gasteiger partial charge in [0.2, 0.25) is 0 Å². The van der Waals surface area contributed by atoms with Gasteiger partial charge < -0.3 is 0 Å². The van der Waals surface area contributed by atoms with Gasteiger partial charge in [-0.15, -0.1) is 0 Å². The number of quaternary nitrogens is 1. The molecule has 0 aromatic heterocycles. The van der Waals surface area contributed by atoms with Crippen LogP contribution in [-0.4, -0.2) is 27.8 Å². The number of hydrogen-bond acceptors (Lipinski definition) is 5. The fourth-order valence-corrected chi connectivity index (χ4v) is 0.925. The van der Waals surface area contributed by atoms with Gasteiger partial charge in [0.15, 0.2) is 0 Å². The van der Waals surface area contributed by atoms with Crippen LogP contribution < -0.4 is 0 Å². The molecule has 1 heterocycles. The first-order valence-corrected chi connectivity index (χ1v) is 3.55. The molecule has 6 nitrogen and oxygen atoms in total. The average Bonchev–Trinajstić information content (AvgIpc) is 2.33. The summed E-state index contributed by atoms with van der Waals surface area (Å²) in [7, 11) is 0. The molecule has 1 aliphatic heterocycles. The van der Waals surface area contributed by atoms with E-state index in [2.05, 4.69) is 11.4 Å². The Kier molecular flexibility index (Phi) is 2.26. The van der Waals surface area contributed by atoms with E-state index in [9.17, 15) is 19.6 Å². The number of hydroxylamine groups is 4. The molecule has 13 heavy (non-hydrogen) atoms. The van der Waals surface area contributed by atoms with Gasteiger partial charge in [-0.2, -0.15) is 5.21 Å². The smallest absolute Gasteiger partial charge is 0.240 e. The Morgan fingerprint density at radius 1 is 1.46 bits per heavy atom. The van der Waals surface area contributed by atoms with E-state index in [-0.39, 0.29) is 12.8 Å². The third-order valence-corrected chi connectivity index (χ3v) is 1.62. The minimum Gasteiger partial charge on any atom is -0.240 e. The van der Waals surface area contributed by atoms with Gasteiger partial charge in [0.1, 0.15) is 4.81 Å². The van der Waals surface area contributed by atoms with E-state index in [1.165, 1.54) is 0 Å². The molecule has 70 valence electrons. The first-order valence-electron chi connectivity index (χ1n) is 3.55. The zero-order valence-corrected chi connectivity index (χ0v) is 6.73. The monoisotopic (exact) mass is 186 g/mol. The van der Waals surface area contributed by atoms with Crippen LogP contribution in [0.15, 0.2) is 12.7 Å². The maximum Gasteiger partial charge on any atom is 0.397 e. The first kappa shape index (κ1) is 9.56. The van der Waals surface area contributed by atoms with Gasteiger partial charge in [-0.05, 0) is 0 Å². The van der Waals surface area contributed by atoms with Crippen LogP contribution in [-0.2, 0) is 19.2 Å². The van der Waals surface area contributed by atoms with Crippen molar-refractivity contribution in [1.82, 2.24) is 0 Å². The molecule has 0 saturated carbocycles. The number of amides is 2. The highest BCUT2D eigenvalue weighted by Crippen LogP contribution is 2.20. The molecule has 6 heteroatoms. The molecular formula is C7H8NO5+. The second-order valence-electron chi connectivity index (χ2n) is 2.48. The number of imide groups is 1. The zero-order chi connectivity index (χ0) is 10.1. The Labute approximate surface area is 73.5 Å². The molecule has 1 fully saturated rings. The normalized spacial score (nSPS) is 20.1. The van der Waals surface area contributed by atoms with Crippen molar-refractivity contribution >= 4 is 17.8 Å². The van der Waals surface area contributed by atoms with Crippen LogP contribution in [0.3, 0.4) is 0 Å². The summed E-state index contributed by atoms with van der Waals surface area (Å²) in [6, 6.07) is 0. The highest BCUT2D eigenvalue weighted by Gasteiger charge is 2.55. The summed E-state index contributed by atoms with van der Waals surface area (Å²) in [5.74, 6) is -2.72. The minimum absolute atomic E-state index is 0.125. The fraction of sp³-hybridized carbons (Fsp3) is 0.286. The average molecular weight is 186 g/mol. The Morgan fingerprint density at radius 2 is 1.92 bits per heavy atom. The van der Waals surface area contributed by atoms with E-state index in [0.29, 0.717) is 0 Å². The molecule has 0 aromatic rings. The van der Waals surface area contributed by atoms with Crippen LogP contribution in [0.25, 0.3) is 0 Å². The van der Waals surface area contributed by atoms with Gasteiger partial charge >= 0.3 is 17.8 Å². The molecule has 0 spiro atoms. The lowest BCUT2D eigenvalue weighted by atomic mass is 10.4. The number of carbonyl (C=O) groups is 3. The summed E-state index contributed by atoms with van der Waals surface area (Å²) < 4.78 is 0. The summed E-state index contributed by atoms with van der Waals surface area (Å²) in [5, 5.41) is 9.28. The Balaban J connectivity index is 2.85. The third-order valence-electron chi connectivity index (χ3n) is 1.62. The van der Waals surface area contributed by atoms with Crippen molar-refractivity contribution in [1.29, 1.82) is 0 Å². The van der Waals surface area contributed by atoms with Gasteiger partial charge in [-0.3, -0.25) is 0 Å². The third kappa shape index (κ3) is 1.49. The van der Waals surface area contributed by atoms with E-state index in [4.69, 9.17) is 0 Å². The molecule has 1 saturated heterocycles. The number of carbonyl (C=O) groups excluding carboxylic acids is 3. The summed E-state index contributed by atoms with van der Waals surface area (Å²) >= 11 is 0. The molecule has 0 aromatic carbocycles. The van der Waals surface area contributed by atoms with Crippen molar-refractivity contribution in [2.45, 2.75) is 12.8 Å². The second kappa shape index (κ2) is 3.08. The van der Waals surface area contributed by atoms with Gasteiger partial charge in [-0.1, -0.05) is 6.58 Å². The Bertz CT molecular complexity index is 279. The van der Waals surface area contributed by atoms with Gasteiger partial charge in [0.25, 0.3) is 0 Å². The number of nitrogens with zero attached hydrogens (tertiary/aromatic N) is 1. The van der Waals surface area contributed by atoms with Crippen LogP contribution in [0.5, 0.6) is 0 Å². The van der Waals surface area contributed by atoms with Crippen LogP contribution in [0, 0.1) is 0 Å². The zero-order valence-electron chi connectivity index (χ0n) is 6.73. The lowest BCUT2D eigenvalue weighted by Crippen LogP contribution is -2.50. The molecule has 0 aliphatic carbocycles. The number of rotatable bonds is 2. The van der Waals surface area contributed by atoms with Gasteiger partial charge in [0, 0.05) is 6.08 Å². The largest absolute Gasteiger partial charge is 0.397 e. The maximum absolute atomic E-state index is 10.9. The maximum atomic E-state index is 10.9. The standard InChI is InChI=1S/C7H8NO5/c1-2-7(11)13-8(12)5(9)3-4-6(8)10/h2,12H,1,3-4H2/q+1. The minimum atomic E-state index is -1.88. The van der Waals surface area contributed by atoms with Crippen molar-refractivity contribution in [3.63, 3.8) is 0 Å². The van der Waals surface area contributed by atoms with E-state index in [1.54, 1.807) is 0 Å². The van der Waals surface area contributed by atoms with Gasteiger partial charge in [0.05, 0.1) is 12.8 Å². The molecule has 0 bridgehead atoms. The second-order valence-corrected chi connectivity index (χ2v) is 2.48. The fourth-order valence-electron chi connectivity index (χ4n) is 0.925. The summed E-state index contributed by atoms with van der Waals surface area (Å²) in [6.07, 6.45) is 0.509. The molecular weight excluding hydrogens is 178 g/mol. The molecule has 0 atom stereocenters. The van der Waals surface area contributed by atoms with E-state index >= 15 is 0 Å². The van der Waals surface area contributed by atoms with Crippen LogP contribution >= 0.6 is 0 Å². The van der Waals surface area contributed by atoms with E-state index < -0.39 is 22.6 Å². The SMILES string of the molecule is C=CC(=O)O[N+]1(O)C(=O)CCC1=O. The summed E-state index contributed by atoms with van der Waals surface area (Å²) in [5.41, 5.74) is 0. The van der Waals surface area contributed by atoms with Crippen LogP contribution in [0.1, 0.15) is 12.8 Å². The predicted molar refractivity (Wildman–Crippen MR) is 37.6 cm³/mol. The van der Waals surface area contributed by atoms with Crippen molar-refractivity contribution in [3.8, 4) is 0 Å². The van der Waals surface area contributed by atoms with Crippen molar-refractivity contribution in [2.24, 2.45) is 0 Å². The lowest BCUT2D eigenvalue weighted by molar-refractivity contribution is -1.12. The lowest BCUT2D eigenvalue weighted by Gasteiger charge is -2.14. The molecule has 1 rings (SSSR count). The Morgan fingerprint density at radius 3 is 2.31 bits per heavy atom. The predicted octanol–water partition coefficient (Wildman–Crippen LogP) is -0.316. The van der Waals surface area contributed by atoms with Crippen molar-refractivity contribution in [2.75, 3.05) is 0 Å². The summed E-state index contributed by atoms with van der Waals surface area (Å²) in [4.78, 5) is 34.9. The molecule has 1 aliphatic rings. The van der Waals surface area contributed by atoms with E-state index in [1.807, 2.05) is 0 Å². The summed E-state index contributed by atoms with van der Waals surface area (Å²) in [6.45, 7) is 3.07. The van der Waals surface area contributed by atoms with E-state index in [0.717, 1.165) is 6.08 Å². The van der Waals surface area contributed by atoms with Gasteiger partial charge in [-0.25, -0.2) is 19.2 Å². The molecule has 2 amide bonds. The molecule has 1 N–H and O–H groups in total.